The number of hydrogen-bond donors (Lipinski definition) is 1. The number of amides is 1. The van der Waals surface area contributed by atoms with Crippen LogP contribution in [0.1, 0.15) is 6.92 Å². The molecule has 96 valence electrons. The van der Waals surface area contributed by atoms with E-state index in [0.717, 1.165) is 6.08 Å². The summed E-state index contributed by atoms with van der Waals surface area (Å²) in [6.45, 7) is 1.68. The second-order valence-electron chi connectivity index (χ2n) is 3.90. The van der Waals surface area contributed by atoms with E-state index in [0.29, 0.717) is 11.3 Å². The van der Waals surface area contributed by atoms with E-state index in [1.165, 1.54) is 23.8 Å². The van der Waals surface area contributed by atoms with Gasteiger partial charge in [0.1, 0.15) is 11.1 Å². The zero-order chi connectivity index (χ0) is 13.4. The van der Waals surface area contributed by atoms with E-state index in [-0.39, 0.29) is 11.3 Å². The molecule has 2 aliphatic heterocycles. The maximum Gasteiger partial charge on any atom is 0.352 e. The van der Waals surface area contributed by atoms with Crippen molar-refractivity contribution in [2.24, 2.45) is 0 Å². The molecule has 0 bridgehead atoms. The number of carboxylic acid groups (broad SMARTS) is 1. The van der Waals surface area contributed by atoms with Gasteiger partial charge in [-0.15, -0.1) is 11.8 Å². The molecule has 1 N–H and O–H groups in total. The monoisotopic (exact) mass is 269 g/mol. The molecule has 1 saturated heterocycles. The molecule has 0 unspecified atom stereocenters. The lowest BCUT2D eigenvalue weighted by Crippen LogP contribution is -2.56. The third-order valence-electron chi connectivity index (χ3n) is 2.75. The Kier molecular flexibility index (Phi) is 3.16. The van der Waals surface area contributed by atoms with Crippen molar-refractivity contribution < 1.29 is 24.2 Å². The minimum Gasteiger partial charge on any atom is -0.477 e. The molecule has 0 saturated carbocycles. The van der Waals surface area contributed by atoms with E-state index in [9.17, 15) is 14.4 Å². The van der Waals surface area contributed by atoms with Gasteiger partial charge in [0.15, 0.2) is 0 Å². The predicted molar refractivity (Wildman–Crippen MR) is 63.5 cm³/mol. The van der Waals surface area contributed by atoms with Gasteiger partial charge in [0.05, 0.1) is 12.7 Å². The lowest BCUT2D eigenvalue weighted by molar-refractivity contribution is -0.142. The molecule has 18 heavy (non-hydrogen) atoms. The fourth-order valence-corrected chi connectivity index (χ4v) is 3.13. The van der Waals surface area contributed by atoms with Gasteiger partial charge in [-0.1, -0.05) is 0 Å². The van der Waals surface area contributed by atoms with Crippen LogP contribution in [0.25, 0.3) is 0 Å². The molecule has 0 radical (unpaired) electrons. The number of fused-ring (bicyclic) bond motifs is 1. The van der Waals surface area contributed by atoms with E-state index < -0.39 is 23.2 Å². The maximum atomic E-state index is 11.8. The summed E-state index contributed by atoms with van der Waals surface area (Å²) in [4.78, 5) is 35.3. The SMILES string of the molecule is COC(=O)/C=C1/C(=O)N2C(C(=O)O)=C(C)CS[C@H]12. The zero-order valence-corrected chi connectivity index (χ0v) is 10.6. The minimum atomic E-state index is -1.12. The first kappa shape index (κ1) is 12.7. The highest BCUT2D eigenvalue weighted by Gasteiger charge is 2.49. The number of thioether (sulfide) groups is 1. The van der Waals surface area contributed by atoms with Gasteiger partial charge in [0.2, 0.25) is 0 Å². The largest absolute Gasteiger partial charge is 0.477 e. The lowest BCUT2D eigenvalue weighted by atomic mass is 10.0. The van der Waals surface area contributed by atoms with E-state index in [1.54, 1.807) is 6.92 Å². The average molecular weight is 269 g/mol. The van der Waals surface area contributed by atoms with Gasteiger partial charge in [0, 0.05) is 11.8 Å². The van der Waals surface area contributed by atoms with Crippen LogP contribution in [0.5, 0.6) is 0 Å². The quantitative estimate of drug-likeness (QED) is 0.442. The molecule has 6 nitrogen and oxygen atoms in total. The first-order chi connectivity index (χ1) is 8.47. The highest BCUT2D eigenvalue weighted by molar-refractivity contribution is 8.00. The van der Waals surface area contributed by atoms with Gasteiger partial charge in [0.25, 0.3) is 5.91 Å². The number of rotatable bonds is 2. The zero-order valence-electron chi connectivity index (χ0n) is 9.80. The molecule has 2 heterocycles. The first-order valence-electron chi connectivity index (χ1n) is 5.15. The van der Waals surface area contributed by atoms with Crippen molar-refractivity contribution in [2.75, 3.05) is 12.9 Å². The molecule has 0 aromatic rings. The van der Waals surface area contributed by atoms with Crippen molar-refractivity contribution in [3.63, 3.8) is 0 Å². The third-order valence-corrected chi connectivity index (χ3v) is 4.13. The van der Waals surface area contributed by atoms with Crippen LogP contribution in [0, 0.1) is 0 Å². The second-order valence-corrected chi connectivity index (χ2v) is 4.96. The molecule has 1 amide bonds. The minimum absolute atomic E-state index is 0.0192. The van der Waals surface area contributed by atoms with Crippen molar-refractivity contribution in [1.29, 1.82) is 0 Å². The Hall–Kier alpha value is -1.76. The van der Waals surface area contributed by atoms with Crippen LogP contribution < -0.4 is 0 Å². The number of methoxy groups -OCH3 is 1. The smallest absolute Gasteiger partial charge is 0.352 e. The summed E-state index contributed by atoms with van der Waals surface area (Å²) in [5, 5.41) is 8.69. The summed E-state index contributed by atoms with van der Waals surface area (Å²) < 4.78 is 4.46. The van der Waals surface area contributed by atoms with Gasteiger partial charge in [-0.05, 0) is 12.5 Å². The summed E-state index contributed by atoms with van der Waals surface area (Å²) in [5.74, 6) is -1.66. The topological polar surface area (TPSA) is 83.9 Å². The molecule has 0 aromatic carbocycles. The van der Waals surface area contributed by atoms with Crippen molar-refractivity contribution in [3.8, 4) is 0 Å². The van der Waals surface area contributed by atoms with Crippen LogP contribution in [0.2, 0.25) is 0 Å². The molecule has 2 rings (SSSR count). The number of ether oxygens (including phenoxy) is 1. The Bertz CT molecular complexity index is 508. The van der Waals surface area contributed by atoms with Crippen molar-refractivity contribution >= 4 is 29.6 Å². The van der Waals surface area contributed by atoms with Crippen molar-refractivity contribution in [1.82, 2.24) is 4.90 Å². The average Bonchev–Trinajstić information content (AvgIpc) is 2.34. The number of aliphatic carboxylic acids is 1. The highest BCUT2D eigenvalue weighted by atomic mass is 32.2. The van der Waals surface area contributed by atoms with Gasteiger partial charge in [-0.25, -0.2) is 9.59 Å². The van der Waals surface area contributed by atoms with Crippen LogP contribution >= 0.6 is 11.8 Å². The summed E-state index contributed by atoms with van der Waals surface area (Å²) in [5.41, 5.74) is 0.957. The van der Waals surface area contributed by atoms with Gasteiger partial charge < -0.3 is 9.84 Å². The second kappa shape index (κ2) is 4.49. The van der Waals surface area contributed by atoms with E-state index in [1.807, 2.05) is 0 Å². The Morgan fingerprint density at radius 3 is 2.78 bits per heavy atom. The fraction of sp³-hybridized carbons (Fsp3) is 0.364. The van der Waals surface area contributed by atoms with Crippen LogP contribution in [-0.4, -0.2) is 46.1 Å². The van der Waals surface area contributed by atoms with Crippen LogP contribution in [0.4, 0.5) is 0 Å². The molecule has 1 atom stereocenters. The summed E-state index contributed by atoms with van der Waals surface area (Å²) in [6.07, 6.45) is 1.12. The van der Waals surface area contributed by atoms with Gasteiger partial charge in [-0.3, -0.25) is 9.69 Å². The molecule has 0 aromatic heterocycles. The number of hydrogen-bond acceptors (Lipinski definition) is 5. The highest BCUT2D eigenvalue weighted by Crippen LogP contribution is 2.43. The van der Waals surface area contributed by atoms with E-state index >= 15 is 0 Å². The Labute approximate surface area is 107 Å². The molecule has 1 fully saturated rings. The number of β-lactam (4-membered cyclic amide) rings is 1. The lowest BCUT2D eigenvalue weighted by Gasteiger charge is -2.45. The maximum absolute atomic E-state index is 11.8. The Morgan fingerprint density at radius 1 is 1.56 bits per heavy atom. The van der Waals surface area contributed by atoms with Crippen LogP contribution in [0.3, 0.4) is 0 Å². The molecule has 7 heteroatoms. The van der Waals surface area contributed by atoms with Gasteiger partial charge >= 0.3 is 11.9 Å². The van der Waals surface area contributed by atoms with Gasteiger partial charge in [-0.2, -0.15) is 0 Å². The Balaban J connectivity index is 2.32. The van der Waals surface area contributed by atoms with Crippen molar-refractivity contribution in [3.05, 3.63) is 22.9 Å². The first-order valence-corrected chi connectivity index (χ1v) is 6.20. The number of nitrogens with zero attached hydrogens (tertiary/aromatic N) is 1. The fourth-order valence-electron chi connectivity index (χ4n) is 1.89. The summed E-state index contributed by atoms with van der Waals surface area (Å²) in [6, 6.07) is 0. The standard InChI is InChI=1S/C11H11NO5S/c1-5-4-18-10-6(3-7(13)17-2)9(14)12(10)8(5)11(15)16/h3,10H,4H2,1-2H3,(H,15,16)/b6-3-/t10-/m1/s1. The molecule has 0 spiro atoms. The number of carbonyl (C=O) groups excluding carboxylic acids is 2. The molecule has 0 aliphatic carbocycles. The Morgan fingerprint density at radius 2 is 2.22 bits per heavy atom. The van der Waals surface area contributed by atoms with E-state index in [2.05, 4.69) is 4.74 Å². The van der Waals surface area contributed by atoms with Crippen LogP contribution in [-0.2, 0) is 19.1 Å². The third kappa shape index (κ3) is 1.80. The number of esters is 1. The molecular weight excluding hydrogens is 258 g/mol. The van der Waals surface area contributed by atoms with Crippen LogP contribution in [0.15, 0.2) is 22.9 Å². The van der Waals surface area contributed by atoms with Crippen molar-refractivity contribution in [2.45, 2.75) is 12.3 Å². The normalized spacial score (nSPS) is 24.8. The number of carbonyl (C=O) groups is 3. The van der Waals surface area contributed by atoms with E-state index in [4.69, 9.17) is 5.11 Å². The summed E-state index contributed by atoms with van der Waals surface area (Å²) in [7, 11) is 1.22. The molecular formula is C11H11NO5S. The molecule has 2 aliphatic rings. The number of carboxylic acids is 1. The predicted octanol–water partition coefficient (Wildman–Crippen LogP) is 0.359. The summed E-state index contributed by atoms with van der Waals surface area (Å²) >= 11 is 1.41.